The number of aliphatic imine (C=N–C) groups is 1. The lowest BCUT2D eigenvalue weighted by Crippen LogP contribution is -2.44. The van der Waals surface area contributed by atoms with Crippen molar-refractivity contribution in [2.45, 2.75) is 37.2 Å². The summed E-state index contributed by atoms with van der Waals surface area (Å²) in [5.41, 5.74) is 0.670. The number of rotatable bonds is 6. The highest BCUT2D eigenvalue weighted by Crippen LogP contribution is 2.18. The average Bonchev–Trinajstić information content (AvgIpc) is 3.13. The van der Waals surface area contributed by atoms with E-state index in [4.69, 9.17) is 0 Å². The Labute approximate surface area is 161 Å². The zero-order valence-electron chi connectivity index (χ0n) is 16.4. The van der Waals surface area contributed by atoms with Gasteiger partial charge in [0.1, 0.15) is 0 Å². The van der Waals surface area contributed by atoms with Crippen LogP contribution in [-0.2, 0) is 21.4 Å². The first-order chi connectivity index (χ1) is 12.8. The van der Waals surface area contributed by atoms with Gasteiger partial charge in [0.2, 0.25) is 15.9 Å². The molecule has 1 aromatic carbocycles. The van der Waals surface area contributed by atoms with Gasteiger partial charge in [0.15, 0.2) is 5.96 Å². The van der Waals surface area contributed by atoms with E-state index in [0.29, 0.717) is 31.0 Å². The molecule has 1 atom stereocenters. The third kappa shape index (κ3) is 5.20. The molecule has 1 amide bonds. The van der Waals surface area contributed by atoms with Crippen LogP contribution in [0.25, 0.3) is 0 Å². The Morgan fingerprint density at radius 2 is 2.04 bits per heavy atom. The van der Waals surface area contributed by atoms with Crippen LogP contribution < -0.4 is 10.6 Å². The molecule has 1 saturated heterocycles. The number of nitrogens with zero attached hydrogens (tertiary/aromatic N) is 3. The quantitative estimate of drug-likeness (QED) is 0.544. The topological polar surface area (TPSA) is 94.1 Å². The summed E-state index contributed by atoms with van der Waals surface area (Å²) in [6.45, 7) is 3.58. The number of amides is 1. The summed E-state index contributed by atoms with van der Waals surface area (Å²) < 4.78 is 26.2. The van der Waals surface area contributed by atoms with Crippen LogP contribution in [-0.4, -0.2) is 69.8 Å². The normalized spacial score (nSPS) is 18.0. The minimum absolute atomic E-state index is 0.132. The van der Waals surface area contributed by atoms with Crippen molar-refractivity contribution in [3.63, 3.8) is 0 Å². The van der Waals surface area contributed by atoms with Gasteiger partial charge in [-0.1, -0.05) is 25.1 Å². The van der Waals surface area contributed by atoms with Crippen LogP contribution in [0.3, 0.4) is 0 Å². The molecule has 0 aromatic heterocycles. The Bertz CT molecular complexity index is 792. The van der Waals surface area contributed by atoms with Gasteiger partial charge in [-0.2, -0.15) is 0 Å². The molecule has 1 unspecified atom stereocenters. The molecule has 1 aliphatic heterocycles. The van der Waals surface area contributed by atoms with E-state index in [1.54, 1.807) is 25.2 Å². The van der Waals surface area contributed by atoms with Crippen molar-refractivity contribution in [2.75, 3.05) is 34.2 Å². The molecule has 0 spiro atoms. The number of sulfonamides is 1. The molecule has 1 heterocycles. The predicted octanol–water partition coefficient (Wildman–Crippen LogP) is 0.613. The number of carbonyl (C=O) groups is 1. The molecule has 0 aliphatic carbocycles. The average molecular weight is 396 g/mol. The molecule has 150 valence electrons. The zero-order valence-corrected chi connectivity index (χ0v) is 17.2. The highest BCUT2D eigenvalue weighted by molar-refractivity contribution is 7.89. The maximum absolute atomic E-state index is 12.5. The Hall–Kier alpha value is -2.13. The second kappa shape index (κ2) is 9.18. The predicted molar refractivity (Wildman–Crippen MR) is 106 cm³/mol. The van der Waals surface area contributed by atoms with E-state index in [1.807, 2.05) is 17.9 Å². The van der Waals surface area contributed by atoms with Crippen LogP contribution >= 0.6 is 0 Å². The molecule has 2 rings (SSSR count). The van der Waals surface area contributed by atoms with Crippen LogP contribution in [0.4, 0.5) is 0 Å². The first-order valence-electron chi connectivity index (χ1n) is 9.05. The number of nitrogens with one attached hydrogen (secondary N) is 2. The largest absolute Gasteiger partial charge is 0.352 e. The highest BCUT2D eigenvalue weighted by atomic mass is 32.2. The third-order valence-corrected chi connectivity index (χ3v) is 6.50. The monoisotopic (exact) mass is 395 g/mol. The van der Waals surface area contributed by atoms with Crippen molar-refractivity contribution in [3.05, 3.63) is 29.8 Å². The van der Waals surface area contributed by atoms with Crippen LogP contribution in [0, 0.1) is 0 Å². The SMILES string of the molecule is CCC(=O)N1CCC(NC(=NC)NCc2ccccc2S(=O)(=O)N(C)C)C1. The molecule has 2 N–H and O–H groups in total. The van der Waals surface area contributed by atoms with Gasteiger partial charge >= 0.3 is 0 Å². The molecule has 8 nitrogen and oxygen atoms in total. The number of likely N-dealkylation sites (tertiary alicyclic amines) is 1. The van der Waals surface area contributed by atoms with Crippen molar-refractivity contribution >= 4 is 21.9 Å². The molecule has 27 heavy (non-hydrogen) atoms. The lowest BCUT2D eigenvalue weighted by molar-refractivity contribution is -0.129. The van der Waals surface area contributed by atoms with E-state index in [2.05, 4.69) is 15.6 Å². The van der Waals surface area contributed by atoms with E-state index in [1.165, 1.54) is 18.4 Å². The minimum Gasteiger partial charge on any atom is -0.352 e. The van der Waals surface area contributed by atoms with Crippen molar-refractivity contribution in [2.24, 2.45) is 4.99 Å². The second-order valence-electron chi connectivity index (χ2n) is 6.64. The summed E-state index contributed by atoms with van der Waals surface area (Å²) in [4.78, 5) is 18.1. The number of carbonyl (C=O) groups excluding carboxylic acids is 1. The third-order valence-electron chi connectivity index (χ3n) is 4.59. The lowest BCUT2D eigenvalue weighted by Gasteiger charge is -2.20. The molecular formula is C18H29N5O3S. The smallest absolute Gasteiger partial charge is 0.242 e. The molecular weight excluding hydrogens is 366 g/mol. The summed E-state index contributed by atoms with van der Waals surface area (Å²) in [7, 11) is 1.19. The van der Waals surface area contributed by atoms with E-state index >= 15 is 0 Å². The number of hydrogen-bond acceptors (Lipinski definition) is 4. The van der Waals surface area contributed by atoms with Gasteiger partial charge in [0, 0.05) is 53.2 Å². The van der Waals surface area contributed by atoms with Gasteiger partial charge < -0.3 is 15.5 Å². The van der Waals surface area contributed by atoms with Crippen LogP contribution in [0.15, 0.2) is 34.2 Å². The van der Waals surface area contributed by atoms with E-state index in [-0.39, 0.29) is 16.8 Å². The van der Waals surface area contributed by atoms with E-state index in [9.17, 15) is 13.2 Å². The van der Waals surface area contributed by atoms with Gasteiger partial charge in [-0.3, -0.25) is 9.79 Å². The Kier molecular flexibility index (Phi) is 7.20. The number of guanidine groups is 1. The van der Waals surface area contributed by atoms with Crippen molar-refractivity contribution < 1.29 is 13.2 Å². The van der Waals surface area contributed by atoms with Crippen molar-refractivity contribution in [1.29, 1.82) is 0 Å². The molecule has 0 bridgehead atoms. The van der Waals surface area contributed by atoms with Crippen molar-refractivity contribution in [3.8, 4) is 0 Å². The first kappa shape index (κ1) is 21.2. The fourth-order valence-corrected chi connectivity index (χ4v) is 4.11. The summed E-state index contributed by atoms with van der Waals surface area (Å²) in [6, 6.07) is 7.05. The molecule has 1 fully saturated rings. The summed E-state index contributed by atoms with van der Waals surface area (Å²) >= 11 is 0. The standard InChI is InChI=1S/C18H29N5O3S/c1-5-17(24)23-11-10-15(13-23)21-18(19-2)20-12-14-8-6-7-9-16(14)27(25,26)22(3)4/h6-9,15H,5,10-13H2,1-4H3,(H2,19,20,21). The fraction of sp³-hybridized carbons (Fsp3) is 0.556. The number of hydrogen-bond donors (Lipinski definition) is 2. The van der Waals surface area contributed by atoms with E-state index in [0.717, 1.165) is 13.0 Å². The van der Waals surface area contributed by atoms with Crippen LogP contribution in [0.2, 0.25) is 0 Å². The maximum atomic E-state index is 12.5. The fourth-order valence-electron chi connectivity index (χ4n) is 2.99. The lowest BCUT2D eigenvalue weighted by atomic mass is 10.2. The summed E-state index contributed by atoms with van der Waals surface area (Å²) in [5, 5.41) is 6.49. The van der Waals surface area contributed by atoms with Gasteiger partial charge in [-0.15, -0.1) is 0 Å². The summed E-state index contributed by atoms with van der Waals surface area (Å²) in [6.07, 6.45) is 1.37. The van der Waals surface area contributed by atoms with E-state index < -0.39 is 10.0 Å². The van der Waals surface area contributed by atoms with Crippen LogP contribution in [0.5, 0.6) is 0 Å². The highest BCUT2D eigenvalue weighted by Gasteiger charge is 2.26. The maximum Gasteiger partial charge on any atom is 0.242 e. The summed E-state index contributed by atoms with van der Waals surface area (Å²) in [5.74, 6) is 0.743. The van der Waals surface area contributed by atoms with Gasteiger partial charge in [0.25, 0.3) is 0 Å². The number of benzene rings is 1. The molecule has 0 saturated carbocycles. The minimum atomic E-state index is -3.52. The Balaban J connectivity index is 2.01. The van der Waals surface area contributed by atoms with Gasteiger partial charge in [-0.25, -0.2) is 12.7 Å². The zero-order chi connectivity index (χ0) is 20.0. The van der Waals surface area contributed by atoms with Crippen molar-refractivity contribution in [1.82, 2.24) is 19.8 Å². The molecule has 1 aromatic rings. The molecule has 9 heteroatoms. The Morgan fingerprint density at radius 1 is 1.33 bits per heavy atom. The van der Waals surface area contributed by atoms with Gasteiger partial charge in [0.05, 0.1) is 4.90 Å². The first-order valence-corrected chi connectivity index (χ1v) is 10.5. The molecule has 0 radical (unpaired) electrons. The molecule has 1 aliphatic rings. The van der Waals surface area contributed by atoms with Crippen LogP contribution in [0.1, 0.15) is 25.3 Å². The Morgan fingerprint density at radius 3 is 2.67 bits per heavy atom. The van der Waals surface area contributed by atoms with Gasteiger partial charge in [-0.05, 0) is 18.1 Å². The second-order valence-corrected chi connectivity index (χ2v) is 8.76.